The van der Waals surface area contributed by atoms with Gasteiger partial charge in [0.2, 0.25) is 0 Å². The van der Waals surface area contributed by atoms with E-state index in [1.165, 1.54) is 15.9 Å². The molecule has 0 amide bonds. The SMILES string of the molecule is C[C@@H]1C[C@@]2(C)C(=O)OCCC[C@@]2(C)C=C1CO[Si](c1ccccc1)(c1ccccc1)C(C)(C)C. The quantitative estimate of drug-likeness (QED) is 0.307. The van der Waals surface area contributed by atoms with Crippen LogP contribution in [0.25, 0.3) is 0 Å². The Balaban J connectivity index is 1.77. The summed E-state index contributed by atoms with van der Waals surface area (Å²) in [7, 11) is -2.61. The summed E-state index contributed by atoms with van der Waals surface area (Å²) < 4.78 is 12.9. The Morgan fingerprint density at radius 3 is 2.09 bits per heavy atom. The van der Waals surface area contributed by atoms with Gasteiger partial charge in [0.25, 0.3) is 8.32 Å². The lowest BCUT2D eigenvalue weighted by atomic mass is 9.56. The highest BCUT2D eigenvalue weighted by atomic mass is 28.4. The molecule has 1 aliphatic heterocycles. The summed E-state index contributed by atoms with van der Waals surface area (Å²) in [6, 6.07) is 21.6. The van der Waals surface area contributed by atoms with Crippen LogP contribution in [0, 0.1) is 16.7 Å². The molecule has 0 saturated carbocycles. The molecule has 2 aromatic rings. The normalized spacial score (nSPS) is 27.9. The minimum atomic E-state index is -2.61. The summed E-state index contributed by atoms with van der Waals surface area (Å²) in [5.41, 5.74) is 0.629. The molecule has 0 spiro atoms. The van der Waals surface area contributed by atoms with Gasteiger partial charge in [-0.15, -0.1) is 0 Å². The molecule has 2 aliphatic rings. The molecule has 182 valence electrons. The molecule has 0 unspecified atom stereocenters. The van der Waals surface area contributed by atoms with Crippen LogP contribution < -0.4 is 10.4 Å². The van der Waals surface area contributed by atoms with Crippen molar-refractivity contribution in [3.8, 4) is 0 Å². The highest BCUT2D eigenvalue weighted by Gasteiger charge is 2.55. The molecule has 34 heavy (non-hydrogen) atoms. The van der Waals surface area contributed by atoms with Gasteiger partial charge in [0.1, 0.15) is 0 Å². The lowest BCUT2D eigenvalue weighted by Gasteiger charge is -2.48. The summed E-state index contributed by atoms with van der Waals surface area (Å²) in [4.78, 5) is 13.0. The Bertz CT molecular complexity index is 1000. The van der Waals surface area contributed by atoms with E-state index < -0.39 is 13.7 Å². The maximum atomic E-state index is 13.0. The van der Waals surface area contributed by atoms with Gasteiger partial charge in [0.15, 0.2) is 0 Å². The Morgan fingerprint density at radius 2 is 1.56 bits per heavy atom. The number of carbonyl (C=O) groups is 1. The summed E-state index contributed by atoms with van der Waals surface area (Å²) >= 11 is 0. The predicted molar refractivity (Wildman–Crippen MR) is 142 cm³/mol. The second-order valence-electron chi connectivity index (χ2n) is 11.8. The fraction of sp³-hybridized carbons (Fsp3) is 0.500. The van der Waals surface area contributed by atoms with Gasteiger partial charge in [0.05, 0.1) is 18.6 Å². The Morgan fingerprint density at radius 1 is 1.00 bits per heavy atom. The summed E-state index contributed by atoms with van der Waals surface area (Å²) in [6.45, 7) is 14.7. The molecule has 4 rings (SSSR count). The van der Waals surface area contributed by atoms with Crippen LogP contribution in [0.2, 0.25) is 5.04 Å². The molecule has 2 aromatic carbocycles. The van der Waals surface area contributed by atoms with E-state index in [0.29, 0.717) is 13.2 Å². The van der Waals surface area contributed by atoms with Crippen molar-refractivity contribution in [2.45, 2.75) is 65.8 Å². The van der Waals surface area contributed by atoms with Gasteiger partial charge in [-0.05, 0) is 53.1 Å². The van der Waals surface area contributed by atoms with Crippen LogP contribution in [-0.2, 0) is 14.0 Å². The van der Waals surface area contributed by atoms with E-state index in [1.54, 1.807) is 0 Å². The number of carbonyl (C=O) groups excluding carboxylic acids is 1. The first-order chi connectivity index (χ1) is 16.0. The van der Waals surface area contributed by atoms with Crippen LogP contribution in [0.15, 0.2) is 72.3 Å². The third kappa shape index (κ3) is 4.09. The van der Waals surface area contributed by atoms with Gasteiger partial charge in [-0.25, -0.2) is 0 Å². The molecule has 4 heteroatoms. The van der Waals surface area contributed by atoms with Crippen molar-refractivity contribution in [2.75, 3.05) is 13.2 Å². The van der Waals surface area contributed by atoms with Gasteiger partial charge in [-0.2, -0.15) is 0 Å². The first kappa shape index (κ1) is 24.9. The second kappa shape index (κ2) is 9.12. The maximum Gasteiger partial charge on any atom is 0.312 e. The Kier molecular flexibility index (Phi) is 6.69. The molecule has 0 bridgehead atoms. The highest BCUT2D eigenvalue weighted by molar-refractivity contribution is 6.99. The number of hydrogen-bond donors (Lipinski definition) is 0. The van der Waals surface area contributed by atoms with Gasteiger partial charge < -0.3 is 9.16 Å². The predicted octanol–water partition coefficient (Wildman–Crippen LogP) is 5.88. The molecule has 0 N–H and O–H groups in total. The van der Waals surface area contributed by atoms with E-state index >= 15 is 0 Å². The van der Waals surface area contributed by atoms with Crippen molar-refractivity contribution < 1.29 is 14.0 Å². The average molecular weight is 477 g/mol. The van der Waals surface area contributed by atoms with Crippen molar-refractivity contribution in [1.82, 2.24) is 0 Å². The molecule has 0 aromatic heterocycles. The number of hydrogen-bond acceptors (Lipinski definition) is 3. The fourth-order valence-corrected chi connectivity index (χ4v) is 10.8. The van der Waals surface area contributed by atoms with E-state index in [0.717, 1.165) is 19.3 Å². The number of allylic oxidation sites excluding steroid dienone is 1. The average Bonchev–Trinajstić information content (AvgIpc) is 2.91. The zero-order valence-corrected chi connectivity index (χ0v) is 22.7. The monoisotopic (exact) mass is 476 g/mol. The largest absolute Gasteiger partial charge is 0.465 e. The zero-order chi connectivity index (χ0) is 24.6. The third-order valence-electron chi connectivity index (χ3n) is 8.51. The second-order valence-corrected chi connectivity index (χ2v) is 16.1. The smallest absolute Gasteiger partial charge is 0.312 e. The standard InChI is InChI=1S/C30H40O3Si/c1-23-20-30(6)27(31)32-19-13-18-29(30,5)21-24(23)22-33-34(28(2,3)4,25-14-9-7-10-15-25)26-16-11-8-12-17-26/h7-12,14-17,21,23H,13,18-20,22H2,1-6H3/t23-,29+,30+/m1/s1. The maximum absolute atomic E-state index is 13.0. The fourth-order valence-electron chi connectivity index (χ4n) is 6.25. The van der Waals surface area contributed by atoms with Crippen LogP contribution in [0.3, 0.4) is 0 Å². The Labute approximate surface area is 206 Å². The summed E-state index contributed by atoms with van der Waals surface area (Å²) in [5, 5.41) is 2.54. The number of cyclic esters (lactones) is 1. The molecule has 3 atom stereocenters. The molecule has 1 heterocycles. The lowest BCUT2D eigenvalue weighted by Crippen LogP contribution is -2.66. The van der Waals surface area contributed by atoms with E-state index in [9.17, 15) is 4.79 Å². The number of benzene rings is 2. The van der Waals surface area contributed by atoms with Crippen molar-refractivity contribution in [2.24, 2.45) is 16.7 Å². The molecular weight excluding hydrogens is 436 g/mol. The minimum absolute atomic E-state index is 0.0393. The van der Waals surface area contributed by atoms with Crippen LogP contribution in [0.5, 0.6) is 0 Å². The van der Waals surface area contributed by atoms with E-state index in [1.807, 2.05) is 0 Å². The molecule has 3 nitrogen and oxygen atoms in total. The van der Waals surface area contributed by atoms with E-state index in [4.69, 9.17) is 9.16 Å². The topological polar surface area (TPSA) is 35.5 Å². The number of esters is 1. The lowest BCUT2D eigenvalue weighted by molar-refractivity contribution is -0.160. The van der Waals surface area contributed by atoms with Crippen LogP contribution in [0.1, 0.15) is 60.8 Å². The van der Waals surface area contributed by atoms with Crippen LogP contribution in [-0.4, -0.2) is 27.5 Å². The van der Waals surface area contributed by atoms with E-state index in [2.05, 4.69) is 108 Å². The molecule has 1 fully saturated rings. The van der Waals surface area contributed by atoms with Gasteiger partial charge in [-0.1, -0.05) is 101 Å². The molecular formula is C30H40O3Si. The van der Waals surface area contributed by atoms with Gasteiger partial charge in [0, 0.05) is 5.41 Å². The third-order valence-corrected chi connectivity index (χ3v) is 13.5. The Hall–Kier alpha value is -2.17. The first-order valence-corrected chi connectivity index (χ1v) is 14.6. The summed E-state index contributed by atoms with van der Waals surface area (Å²) in [5.74, 6) is 0.226. The number of ether oxygens (including phenoxy) is 1. The van der Waals surface area contributed by atoms with Gasteiger partial charge >= 0.3 is 5.97 Å². The van der Waals surface area contributed by atoms with Crippen LogP contribution in [0.4, 0.5) is 0 Å². The minimum Gasteiger partial charge on any atom is -0.465 e. The number of rotatable bonds is 5. The van der Waals surface area contributed by atoms with Crippen LogP contribution >= 0.6 is 0 Å². The van der Waals surface area contributed by atoms with Crippen molar-refractivity contribution in [3.05, 3.63) is 72.3 Å². The molecule has 1 saturated heterocycles. The highest BCUT2D eigenvalue weighted by Crippen LogP contribution is 2.55. The molecule has 1 aliphatic carbocycles. The van der Waals surface area contributed by atoms with Gasteiger partial charge in [-0.3, -0.25) is 4.79 Å². The zero-order valence-electron chi connectivity index (χ0n) is 21.7. The van der Waals surface area contributed by atoms with Crippen molar-refractivity contribution in [1.29, 1.82) is 0 Å². The summed E-state index contributed by atoms with van der Waals surface area (Å²) in [6.07, 6.45) is 5.06. The van der Waals surface area contributed by atoms with Crippen molar-refractivity contribution >= 4 is 24.7 Å². The molecule has 0 radical (unpaired) electrons. The first-order valence-electron chi connectivity index (χ1n) is 12.7. The number of fused-ring (bicyclic) bond motifs is 1. The van der Waals surface area contributed by atoms with Crippen molar-refractivity contribution in [3.63, 3.8) is 0 Å². The van der Waals surface area contributed by atoms with E-state index in [-0.39, 0.29) is 22.3 Å².